The van der Waals surface area contributed by atoms with Gasteiger partial charge in [-0.2, -0.15) is 4.98 Å². The second-order valence-electron chi connectivity index (χ2n) is 5.45. The van der Waals surface area contributed by atoms with Gasteiger partial charge in [0.1, 0.15) is 6.54 Å². The van der Waals surface area contributed by atoms with Crippen LogP contribution >= 0.6 is 0 Å². The molecule has 0 bridgehead atoms. The fourth-order valence-electron chi connectivity index (χ4n) is 1.83. The molecule has 114 valence electrons. The highest BCUT2D eigenvalue weighted by Crippen LogP contribution is 2.12. The van der Waals surface area contributed by atoms with E-state index in [1.165, 1.54) is 16.8 Å². The van der Waals surface area contributed by atoms with Crippen molar-refractivity contribution < 1.29 is 4.52 Å². The maximum Gasteiger partial charge on any atom is 0.331 e. The van der Waals surface area contributed by atoms with Crippen molar-refractivity contribution in [2.75, 3.05) is 0 Å². The van der Waals surface area contributed by atoms with Crippen molar-refractivity contribution in [3.8, 4) is 0 Å². The Morgan fingerprint density at radius 2 is 2.10 bits per heavy atom. The highest BCUT2D eigenvalue weighted by atomic mass is 16.5. The Morgan fingerprint density at radius 1 is 1.38 bits per heavy atom. The Kier molecular flexibility index (Phi) is 4.08. The Bertz CT molecular complexity index is 735. The third-order valence-electron chi connectivity index (χ3n) is 2.94. The van der Waals surface area contributed by atoms with Crippen LogP contribution in [0.15, 0.2) is 26.4 Å². The second-order valence-corrected chi connectivity index (χ2v) is 5.45. The average molecular weight is 293 g/mol. The van der Waals surface area contributed by atoms with Gasteiger partial charge in [-0.3, -0.25) is 9.36 Å². The van der Waals surface area contributed by atoms with Crippen LogP contribution in [-0.4, -0.2) is 19.3 Å². The molecule has 8 nitrogen and oxygen atoms in total. The summed E-state index contributed by atoms with van der Waals surface area (Å²) in [4.78, 5) is 28.2. The van der Waals surface area contributed by atoms with E-state index in [0.29, 0.717) is 12.4 Å². The fourth-order valence-corrected chi connectivity index (χ4v) is 1.83. The molecule has 0 atom stereocenters. The molecule has 0 saturated heterocycles. The molecule has 0 spiro atoms. The van der Waals surface area contributed by atoms with Crippen LogP contribution in [-0.2, 0) is 18.6 Å². The lowest BCUT2D eigenvalue weighted by Gasteiger charge is -2.11. The zero-order valence-electron chi connectivity index (χ0n) is 12.4. The fraction of sp³-hybridized carbons (Fsp3) is 0.538. The Morgan fingerprint density at radius 3 is 2.67 bits per heavy atom. The molecule has 0 aliphatic rings. The summed E-state index contributed by atoms with van der Waals surface area (Å²) in [6.45, 7) is 5.92. The number of hydrogen-bond acceptors (Lipinski definition) is 6. The molecular weight excluding hydrogens is 274 g/mol. The standard InChI is InChI=1S/C13H19N5O3/c1-4-6-17-7-5-10(19)18(12(17)20)8-9-15-11(16-21-9)13(2,3)14/h5,7H,4,6,8,14H2,1-3H3. The summed E-state index contributed by atoms with van der Waals surface area (Å²) in [5.74, 6) is 0.507. The molecule has 2 aromatic rings. The zero-order chi connectivity index (χ0) is 15.6. The van der Waals surface area contributed by atoms with E-state index in [-0.39, 0.29) is 12.4 Å². The molecule has 0 unspecified atom stereocenters. The molecule has 0 radical (unpaired) electrons. The lowest BCUT2D eigenvalue weighted by molar-refractivity contribution is 0.351. The molecule has 8 heteroatoms. The lowest BCUT2D eigenvalue weighted by atomic mass is 10.1. The third kappa shape index (κ3) is 3.27. The van der Waals surface area contributed by atoms with Gasteiger partial charge in [-0.25, -0.2) is 4.79 Å². The molecule has 2 N–H and O–H groups in total. The number of aromatic nitrogens is 4. The lowest BCUT2D eigenvalue weighted by Crippen LogP contribution is -2.39. The number of nitrogens with two attached hydrogens (primary N) is 1. The van der Waals surface area contributed by atoms with Gasteiger partial charge >= 0.3 is 5.69 Å². The topological polar surface area (TPSA) is 109 Å². The number of aryl methyl sites for hydroxylation is 1. The van der Waals surface area contributed by atoms with Crippen LogP contribution in [0.2, 0.25) is 0 Å². The van der Waals surface area contributed by atoms with E-state index in [2.05, 4.69) is 10.1 Å². The van der Waals surface area contributed by atoms with E-state index in [4.69, 9.17) is 10.3 Å². The quantitative estimate of drug-likeness (QED) is 0.834. The molecule has 2 rings (SSSR count). The molecule has 0 aromatic carbocycles. The Balaban J connectivity index is 2.36. The van der Waals surface area contributed by atoms with Gasteiger partial charge in [0.15, 0.2) is 5.82 Å². The minimum Gasteiger partial charge on any atom is -0.337 e. The van der Waals surface area contributed by atoms with E-state index in [9.17, 15) is 9.59 Å². The molecule has 0 fully saturated rings. The minimum atomic E-state index is -0.744. The van der Waals surface area contributed by atoms with Crippen LogP contribution < -0.4 is 17.0 Å². The van der Waals surface area contributed by atoms with E-state index < -0.39 is 16.8 Å². The van der Waals surface area contributed by atoms with Gasteiger partial charge in [0.2, 0.25) is 5.89 Å². The largest absolute Gasteiger partial charge is 0.337 e. The molecule has 0 saturated carbocycles. The van der Waals surface area contributed by atoms with E-state index in [1.54, 1.807) is 13.8 Å². The first kappa shape index (κ1) is 15.2. The van der Waals surface area contributed by atoms with Gasteiger partial charge in [0, 0.05) is 18.8 Å². The summed E-state index contributed by atoms with van der Waals surface area (Å²) in [5.41, 5.74) is 4.33. The van der Waals surface area contributed by atoms with Gasteiger partial charge in [0.25, 0.3) is 5.56 Å². The number of rotatable bonds is 5. The van der Waals surface area contributed by atoms with Gasteiger partial charge in [-0.15, -0.1) is 0 Å². The molecule has 0 amide bonds. The molecule has 0 aliphatic carbocycles. The summed E-state index contributed by atoms with van der Waals surface area (Å²) < 4.78 is 7.60. The van der Waals surface area contributed by atoms with Gasteiger partial charge in [0.05, 0.1) is 5.54 Å². The first-order valence-electron chi connectivity index (χ1n) is 6.75. The van der Waals surface area contributed by atoms with Crippen LogP contribution in [0.5, 0.6) is 0 Å². The van der Waals surface area contributed by atoms with E-state index in [1.807, 2.05) is 6.92 Å². The van der Waals surface area contributed by atoms with Crippen LogP contribution in [0.3, 0.4) is 0 Å². The summed E-state index contributed by atoms with van der Waals surface area (Å²) in [6, 6.07) is 1.35. The molecule has 2 aromatic heterocycles. The summed E-state index contributed by atoms with van der Waals surface area (Å²) in [6.07, 6.45) is 2.29. The van der Waals surface area contributed by atoms with Crippen molar-refractivity contribution in [2.45, 2.75) is 45.8 Å². The van der Waals surface area contributed by atoms with Crippen molar-refractivity contribution in [1.82, 2.24) is 19.3 Å². The van der Waals surface area contributed by atoms with Gasteiger partial charge in [-0.1, -0.05) is 12.1 Å². The van der Waals surface area contributed by atoms with Crippen LogP contribution in [0.25, 0.3) is 0 Å². The first-order chi connectivity index (χ1) is 9.82. The maximum atomic E-state index is 12.2. The van der Waals surface area contributed by atoms with Crippen molar-refractivity contribution in [2.24, 2.45) is 5.73 Å². The van der Waals surface area contributed by atoms with Crippen molar-refractivity contribution in [3.05, 3.63) is 44.8 Å². The predicted molar refractivity (Wildman–Crippen MR) is 75.9 cm³/mol. The smallest absolute Gasteiger partial charge is 0.331 e. The Hall–Kier alpha value is -2.22. The minimum absolute atomic E-state index is 0.0642. The average Bonchev–Trinajstić information content (AvgIpc) is 2.87. The predicted octanol–water partition coefficient (Wildman–Crippen LogP) is 0.0451. The summed E-state index contributed by atoms with van der Waals surface area (Å²) >= 11 is 0. The van der Waals surface area contributed by atoms with Crippen LogP contribution in [0, 0.1) is 0 Å². The monoisotopic (exact) mass is 293 g/mol. The maximum absolute atomic E-state index is 12.2. The summed E-state index contributed by atoms with van der Waals surface area (Å²) in [5, 5.41) is 3.77. The van der Waals surface area contributed by atoms with Crippen molar-refractivity contribution >= 4 is 0 Å². The second kappa shape index (κ2) is 5.65. The van der Waals surface area contributed by atoms with Crippen LogP contribution in [0.4, 0.5) is 0 Å². The SMILES string of the molecule is CCCn1ccc(=O)n(Cc2nc(C(C)(C)N)no2)c1=O. The van der Waals surface area contributed by atoms with Crippen molar-refractivity contribution in [3.63, 3.8) is 0 Å². The number of nitrogens with zero attached hydrogens (tertiary/aromatic N) is 4. The van der Waals surface area contributed by atoms with Crippen LogP contribution in [0.1, 0.15) is 38.9 Å². The van der Waals surface area contributed by atoms with E-state index in [0.717, 1.165) is 11.0 Å². The molecule has 0 aliphatic heterocycles. The highest BCUT2D eigenvalue weighted by Gasteiger charge is 2.22. The normalized spacial score (nSPS) is 11.8. The molecule has 21 heavy (non-hydrogen) atoms. The molecular formula is C13H19N5O3. The van der Waals surface area contributed by atoms with Gasteiger partial charge < -0.3 is 14.8 Å². The Labute approximate surface area is 121 Å². The zero-order valence-corrected chi connectivity index (χ0v) is 12.4. The van der Waals surface area contributed by atoms with E-state index >= 15 is 0 Å². The highest BCUT2D eigenvalue weighted by molar-refractivity contribution is 4.99. The van der Waals surface area contributed by atoms with Gasteiger partial charge in [-0.05, 0) is 20.3 Å². The van der Waals surface area contributed by atoms with Crippen molar-refractivity contribution in [1.29, 1.82) is 0 Å². The molecule has 2 heterocycles. The number of hydrogen-bond donors (Lipinski definition) is 1. The first-order valence-corrected chi connectivity index (χ1v) is 6.75. The summed E-state index contributed by atoms with van der Waals surface area (Å²) in [7, 11) is 0. The third-order valence-corrected chi connectivity index (χ3v) is 2.94.